The second-order valence-corrected chi connectivity index (χ2v) is 6.48. The molecule has 8 nitrogen and oxygen atoms in total. The summed E-state index contributed by atoms with van der Waals surface area (Å²) in [5, 5.41) is 14.1. The molecule has 0 amide bonds. The molecular formula is C16H20F2N8. The van der Waals surface area contributed by atoms with E-state index >= 15 is 0 Å². The molecule has 10 heteroatoms. The molecule has 1 saturated carbocycles. The van der Waals surface area contributed by atoms with E-state index in [1.807, 2.05) is 16.4 Å². The molecule has 26 heavy (non-hydrogen) atoms. The summed E-state index contributed by atoms with van der Waals surface area (Å²) in [4.78, 5) is 10.9. The summed E-state index contributed by atoms with van der Waals surface area (Å²) in [7, 11) is 1.78. The van der Waals surface area contributed by atoms with Gasteiger partial charge in [0.2, 0.25) is 5.95 Å². The van der Waals surface area contributed by atoms with Crippen LogP contribution < -0.4 is 15.5 Å². The van der Waals surface area contributed by atoms with Crippen molar-refractivity contribution in [1.82, 2.24) is 30.0 Å². The number of hydrogen-bond acceptors (Lipinski definition) is 7. The molecule has 0 aromatic carbocycles. The fourth-order valence-electron chi connectivity index (χ4n) is 3.56. The fourth-order valence-corrected chi connectivity index (χ4v) is 3.56. The van der Waals surface area contributed by atoms with E-state index in [-0.39, 0.29) is 24.9 Å². The van der Waals surface area contributed by atoms with Gasteiger partial charge in [-0.1, -0.05) is 6.92 Å². The highest BCUT2D eigenvalue weighted by Crippen LogP contribution is 2.48. The quantitative estimate of drug-likeness (QED) is 0.844. The maximum atomic E-state index is 13.5. The smallest absolute Gasteiger partial charge is 0.252 e. The SMILES string of the molecule is CC[C@@H]1c2nncn2-c2cnc(N/C=C\NC)nc2N1C1CC(F)(F)C1. The first-order chi connectivity index (χ1) is 12.5. The van der Waals surface area contributed by atoms with Gasteiger partial charge in [-0.25, -0.2) is 13.8 Å². The monoisotopic (exact) mass is 362 g/mol. The summed E-state index contributed by atoms with van der Waals surface area (Å²) in [6.07, 6.45) is 7.02. The molecule has 2 aromatic rings. The molecule has 1 fully saturated rings. The van der Waals surface area contributed by atoms with Gasteiger partial charge in [0.25, 0.3) is 5.92 Å². The minimum Gasteiger partial charge on any atom is -0.393 e. The van der Waals surface area contributed by atoms with E-state index in [4.69, 9.17) is 0 Å². The van der Waals surface area contributed by atoms with Crippen molar-refractivity contribution in [2.45, 2.75) is 44.2 Å². The Morgan fingerprint density at radius 1 is 1.35 bits per heavy atom. The van der Waals surface area contributed by atoms with Crippen LogP contribution >= 0.6 is 0 Å². The summed E-state index contributed by atoms with van der Waals surface area (Å²) in [6, 6.07) is -0.434. The summed E-state index contributed by atoms with van der Waals surface area (Å²) in [6.45, 7) is 2.01. The number of anilines is 2. The normalized spacial score (nSPS) is 21.2. The molecule has 2 aromatic heterocycles. The first-order valence-electron chi connectivity index (χ1n) is 8.56. The Morgan fingerprint density at radius 2 is 2.15 bits per heavy atom. The third-order valence-electron chi connectivity index (χ3n) is 4.77. The Bertz CT molecular complexity index is 825. The number of nitrogens with zero attached hydrogens (tertiary/aromatic N) is 6. The van der Waals surface area contributed by atoms with E-state index in [1.165, 1.54) is 0 Å². The second-order valence-electron chi connectivity index (χ2n) is 6.48. The lowest BCUT2D eigenvalue weighted by Gasteiger charge is -2.48. The summed E-state index contributed by atoms with van der Waals surface area (Å²) < 4.78 is 28.9. The molecule has 2 aliphatic rings. The number of nitrogens with one attached hydrogen (secondary N) is 2. The standard InChI is InChI=1S/C16H20F2N8/c1-3-11-14-24-22-9-25(14)12-8-21-15(20-5-4-19-2)23-13(12)26(11)10-6-16(17,18)7-10/h4-5,8-11,19H,3,6-7H2,1-2H3,(H,20,21,23)/b5-4-/t11-/m1/s1. The van der Waals surface area contributed by atoms with E-state index in [2.05, 4.69) is 30.8 Å². The van der Waals surface area contributed by atoms with Crippen LogP contribution in [0.5, 0.6) is 0 Å². The number of rotatable bonds is 5. The van der Waals surface area contributed by atoms with E-state index in [9.17, 15) is 8.78 Å². The van der Waals surface area contributed by atoms with Crippen molar-refractivity contribution >= 4 is 11.8 Å². The van der Waals surface area contributed by atoms with Crippen molar-refractivity contribution in [3.05, 3.63) is 30.7 Å². The first-order valence-corrected chi connectivity index (χ1v) is 8.56. The van der Waals surface area contributed by atoms with Gasteiger partial charge in [-0.15, -0.1) is 10.2 Å². The Balaban J connectivity index is 1.76. The Hall–Kier alpha value is -2.78. The van der Waals surface area contributed by atoms with Crippen molar-refractivity contribution < 1.29 is 8.78 Å². The van der Waals surface area contributed by atoms with Gasteiger partial charge in [0.15, 0.2) is 11.6 Å². The highest BCUT2D eigenvalue weighted by atomic mass is 19.3. The van der Waals surface area contributed by atoms with Crippen LogP contribution in [0.15, 0.2) is 24.9 Å². The number of fused-ring (bicyclic) bond motifs is 3. The van der Waals surface area contributed by atoms with Crippen molar-refractivity contribution in [1.29, 1.82) is 0 Å². The molecule has 138 valence electrons. The van der Waals surface area contributed by atoms with Crippen molar-refractivity contribution in [3.8, 4) is 5.69 Å². The van der Waals surface area contributed by atoms with Gasteiger partial charge in [0.1, 0.15) is 12.0 Å². The van der Waals surface area contributed by atoms with Gasteiger partial charge in [0.05, 0.1) is 12.2 Å². The van der Waals surface area contributed by atoms with Crippen molar-refractivity contribution in [2.75, 3.05) is 17.3 Å². The van der Waals surface area contributed by atoms with Crippen LogP contribution in [0.25, 0.3) is 5.69 Å². The van der Waals surface area contributed by atoms with Crippen LogP contribution in [-0.2, 0) is 0 Å². The third-order valence-corrected chi connectivity index (χ3v) is 4.77. The summed E-state index contributed by atoms with van der Waals surface area (Å²) in [5.74, 6) is -0.856. The minimum atomic E-state index is -2.61. The Morgan fingerprint density at radius 3 is 2.85 bits per heavy atom. The van der Waals surface area contributed by atoms with Gasteiger partial charge < -0.3 is 15.5 Å². The minimum absolute atomic E-state index is 0.151. The Kier molecular flexibility index (Phi) is 3.97. The van der Waals surface area contributed by atoms with Crippen LogP contribution in [0.4, 0.5) is 20.5 Å². The molecule has 1 aliphatic heterocycles. The average molecular weight is 362 g/mol. The highest BCUT2D eigenvalue weighted by Gasteiger charge is 2.51. The zero-order valence-electron chi connectivity index (χ0n) is 14.5. The van der Waals surface area contributed by atoms with Crippen LogP contribution in [0.2, 0.25) is 0 Å². The molecule has 0 saturated heterocycles. The predicted octanol–water partition coefficient (Wildman–Crippen LogP) is 2.23. The zero-order valence-corrected chi connectivity index (χ0v) is 14.5. The first kappa shape index (κ1) is 16.7. The fraction of sp³-hybridized carbons (Fsp3) is 0.500. The molecule has 0 spiro atoms. The van der Waals surface area contributed by atoms with Crippen LogP contribution in [-0.4, -0.2) is 43.7 Å². The number of hydrogen-bond donors (Lipinski definition) is 2. The molecule has 4 rings (SSSR count). The highest BCUT2D eigenvalue weighted by molar-refractivity contribution is 5.64. The topological polar surface area (TPSA) is 83.8 Å². The zero-order chi connectivity index (χ0) is 18.3. The summed E-state index contributed by atoms with van der Waals surface area (Å²) >= 11 is 0. The maximum absolute atomic E-state index is 13.5. The van der Waals surface area contributed by atoms with Crippen LogP contribution in [0, 0.1) is 0 Å². The lowest BCUT2D eigenvalue weighted by molar-refractivity contribution is -0.0878. The number of halogens is 2. The summed E-state index contributed by atoms with van der Waals surface area (Å²) in [5.41, 5.74) is 0.702. The van der Waals surface area contributed by atoms with Gasteiger partial charge in [-0.3, -0.25) is 4.57 Å². The molecule has 0 bridgehead atoms. The van der Waals surface area contributed by atoms with Gasteiger partial charge >= 0.3 is 0 Å². The van der Waals surface area contributed by atoms with E-state index in [0.717, 1.165) is 5.82 Å². The molecule has 2 N–H and O–H groups in total. The van der Waals surface area contributed by atoms with E-state index in [1.54, 1.807) is 32.0 Å². The predicted molar refractivity (Wildman–Crippen MR) is 92.3 cm³/mol. The molecular weight excluding hydrogens is 342 g/mol. The van der Waals surface area contributed by atoms with Gasteiger partial charge in [-0.05, 0) is 6.42 Å². The van der Waals surface area contributed by atoms with Crippen LogP contribution in [0.1, 0.15) is 38.1 Å². The maximum Gasteiger partial charge on any atom is 0.252 e. The van der Waals surface area contributed by atoms with E-state index < -0.39 is 5.92 Å². The lowest BCUT2D eigenvalue weighted by atomic mass is 9.85. The third kappa shape index (κ3) is 2.65. The van der Waals surface area contributed by atoms with Gasteiger partial charge in [-0.2, -0.15) is 4.98 Å². The van der Waals surface area contributed by atoms with Gasteiger partial charge in [0, 0.05) is 38.3 Å². The molecule has 0 radical (unpaired) electrons. The molecule has 3 heterocycles. The number of alkyl halides is 2. The van der Waals surface area contributed by atoms with Crippen molar-refractivity contribution in [2.24, 2.45) is 0 Å². The second kappa shape index (κ2) is 6.19. The number of aromatic nitrogens is 5. The van der Waals surface area contributed by atoms with Crippen LogP contribution in [0.3, 0.4) is 0 Å². The molecule has 0 unspecified atom stereocenters. The lowest BCUT2D eigenvalue weighted by Crippen LogP contribution is -2.54. The van der Waals surface area contributed by atoms with E-state index in [0.29, 0.717) is 23.9 Å². The Labute approximate surface area is 149 Å². The average Bonchev–Trinajstić information content (AvgIpc) is 3.08. The molecule has 1 atom stereocenters. The largest absolute Gasteiger partial charge is 0.393 e. The van der Waals surface area contributed by atoms with Crippen molar-refractivity contribution in [3.63, 3.8) is 0 Å². The molecule has 1 aliphatic carbocycles.